The van der Waals surface area contributed by atoms with Crippen molar-refractivity contribution >= 4 is 21.6 Å². The highest BCUT2D eigenvalue weighted by Crippen LogP contribution is 2.22. The van der Waals surface area contributed by atoms with Gasteiger partial charge < -0.3 is 5.32 Å². The van der Waals surface area contributed by atoms with Crippen LogP contribution in [0.3, 0.4) is 0 Å². The molecule has 0 fully saturated rings. The molecule has 1 aromatic carbocycles. The fourth-order valence-corrected chi connectivity index (χ4v) is 4.15. The van der Waals surface area contributed by atoms with Crippen LogP contribution in [0, 0.1) is 5.92 Å². The van der Waals surface area contributed by atoms with E-state index in [1.807, 2.05) is 13.0 Å². The predicted molar refractivity (Wildman–Crippen MR) is 104 cm³/mol. The van der Waals surface area contributed by atoms with Crippen molar-refractivity contribution in [1.29, 1.82) is 0 Å². The summed E-state index contributed by atoms with van der Waals surface area (Å²) < 4.78 is 25.9. The van der Waals surface area contributed by atoms with Crippen LogP contribution in [-0.4, -0.2) is 33.2 Å². The Hall–Kier alpha value is -1.56. The Bertz CT molecular complexity index is 617. The average Bonchev–Trinajstić information content (AvgIpc) is 2.59. The van der Waals surface area contributed by atoms with Crippen molar-refractivity contribution in [2.24, 2.45) is 5.92 Å². The van der Waals surface area contributed by atoms with Crippen LogP contribution in [0.25, 0.3) is 0 Å². The second kappa shape index (κ2) is 10.4. The predicted octanol–water partition coefficient (Wildman–Crippen LogP) is 3.56. The van der Waals surface area contributed by atoms with Gasteiger partial charge in [-0.1, -0.05) is 58.2 Å². The van der Waals surface area contributed by atoms with Gasteiger partial charge in [0.05, 0.1) is 11.9 Å². The largest absolute Gasteiger partial charge is 0.354 e. The van der Waals surface area contributed by atoms with Crippen LogP contribution >= 0.6 is 0 Å². The number of nitrogens with zero attached hydrogens (tertiary/aromatic N) is 1. The lowest BCUT2D eigenvalue weighted by atomic mass is 9.99. The minimum Gasteiger partial charge on any atom is -0.354 e. The van der Waals surface area contributed by atoms with Crippen molar-refractivity contribution in [2.75, 3.05) is 17.1 Å². The number of carbonyl (C=O) groups excluding carboxylic acids is 1. The summed E-state index contributed by atoms with van der Waals surface area (Å²) in [7, 11) is -3.56. The van der Waals surface area contributed by atoms with E-state index in [1.54, 1.807) is 24.3 Å². The van der Waals surface area contributed by atoms with E-state index in [-0.39, 0.29) is 5.91 Å². The molecule has 1 rings (SSSR count). The molecule has 142 valence electrons. The molecule has 5 nitrogen and oxygen atoms in total. The molecular formula is C19H32N2O3S. The summed E-state index contributed by atoms with van der Waals surface area (Å²) in [6, 6.07) is 8.07. The van der Waals surface area contributed by atoms with Gasteiger partial charge in [0.25, 0.3) is 0 Å². The number of hydrogen-bond donors (Lipinski definition) is 1. The van der Waals surface area contributed by atoms with E-state index >= 15 is 0 Å². The van der Waals surface area contributed by atoms with Crippen LogP contribution in [0.15, 0.2) is 30.3 Å². The molecule has 6 heteroatoms. The van der Waals surface area contributed by atoms with Crippen molar-refractivity contribution in [3.05, 3.63) is 30.3 Å². The van der Waals surface area contributed by atoms with Gasteiger partial charge in [-0.2, -0.15) is 0 Å². The second-order valence-corrected chi connectivity index (χ2v) is 8.34. The van der Waals surface area contributed by atoms with Gasteiger partial charge in [-0.15, -0.1) is 0 Å². The van der Waals surface area contributed by atoms with Gasteiger partial charge in [-0.05, 0) is 30.9 Å². The van der Waals surface area contributed by atoms with Gasteiger partial charge in [0, 0.05) is 6.54 Å². The lowest BCUT2D eigenvalue weighted by Gasteiger charge is -2.30. The molecule has 0 unspecified atom stereocenters. The number of hydrogen-bond acceptors (Lipinski definition) is 3. The number of unbranched alkanes of at least 4 members (excludes halogenated alkanes) is 1. The molecule has 25 heavy (non-hydrogen) atoms. The highest BCUT2D eigenvalue weighted by Gasteiger charge is 2.31. The maximum atomic E-state index is 12.7. The zero-order valence-corrected chi connectivity index (χ0v) is 16.7. The van der Waals surface area contributed by atoms with E-state index in [9.17, 15) is 13.2 Å². The molecule has 0 aliphatic carbocycles. The number of amides is 1. The summed E-state index contributed by atoms with van der Waals surface area (Å²) in [5.41, 5.74) is 0.519. The molecule has 1 amide bonds. The highest BCUT2D eigenvalue weighted by molar-refractivity contribution is 7.92. The third kappa shape index (κ3) is 6.69. The standard InChI is InChI=1S/C19H32N2O3S/c1-5-8-12-16(6-2)15-20-19(22)18(7-3)21(25(4,23)24)17-13-10-9-11-14-17/h9-11,13-14,16,18H,5-8,12,15H2,1-4H3,(H,20,22)/t16-,18-/m0/s1. The molecule has 0 bridgehead atoms. The van der Waals surface area contributed by atoms with Crippen LogP contribution in [-0.2, 0) is 14.8 Å². The van der Waals surface area contributed by atoms with Crippen LogP contribution in [0.2, 0.25) is 0 Å². The zero-order chi connectivity index (χ0) is 18.9. The van der Waals surface area contributed by atoms with Crippen molar-refractivity contribution in [3.8, 4) is 0 Å². The van der Waals surface area contributed by atoms with E-state index in [2.05, 4.69) is 19.2 Å². The second-order valence-electron chi connectivity index (χ2n) is 6.48. The van der Waals surface area contributed by atoms with Crippen molar-refractivity contribution in [3.63, 3.8) is 0 Å². The number of para-hydroxylation sites is 1. The van der Waals surface area contributed by atoms with Crippen molar-refractivity contribution in [2.45, 2.75) is 58.9 Å². The minimum atomic E-state index is -3.56. The summed E-state index contributed by atoms with van der Waals surface area (Å²) in [5, 5.41) is 2.97. The quantitative estimate of drug-likeness (QED) is 0.649. The van der Waals surface area contributed by atoms with Crippen LogP contribution in [0.4, 0.5) is 5.69 Å². The van der Waals surface area contributed by atoms with Gasteiger partial charge in [-0.25, -0.2) is 8.42 Å². The van der Waals surface area contributed by atoms with E-state index in [0.717, 1.165) is 31.9 Å². The maximum absolute atomic E-state index is 12.7. The smallest absolute Gasteiger partial charge is 0.243 e. The first kappa shape index (κ1) is 21.5. The first-order chi connectivity index (χ1) is 11.8. The Kier molecular flexibility index (Phi) is 8.97. The first-order valence-corrected chi connectivity index (χ1v) is 11.0. The molecule has 1 aromatic rings. The molecule has 0 aliphatic heterocycles. The van der Waals surface area contributed by atoms with Crippen molar-refractivity contribution in [1.82, 2.24) is 5.32 Å². The molecule has 0 aromatic heterocycles. The summed E-state index contributed by atoms with van der Waals surface area (Å²) in [4.78, 5) is 12.7. The molecule has 0 heterocycles. The fourth-order valence-electron chi connectivity index (χ4n) is 2.94. The Morgan fingerprint density at radius 2 is 1.76 bits per heavy atom. The molecule has 2 atom stereocenters. The molecule has 0 saturated carbocycles. The summed E-state index contributed by atoms with van der Waals surface area (Å²) in [5.74, 6) is 0.205. The molecule has 0 aliphatic rings. The number of carbonyl (C=O) groups is 1. The molecule has 1 N–H and O–H groups in total. The van der Waals surface area contributed by atoms with Gasteiger partial charge in [-0.3, -0.25) is 9.10 Å². The first-order valence-electron chi connectivity index (χ1n) is 9.17. The lowest BCUT2D eigenvalue weighted by Crippen LogP contribution is -2.50. The van der Waals surface area contributed by atoms with Crippen LogP contribution < -0.4 is 9.62 Å². The minimum absolute atomic E-state index is 0.230. The summed E-state index contributed by atoms with van der Waals surface area (Å²) in [6.45, 7) is 6.71. The number of sulfonamides is 1. The molecule has 0 spiro atoms. The maximum Gasteiger partial charge on any atom is 0.243 e. The number of benzene rings is 1. The van der Waals surface area contributed by atoms with Crippen LogP contribution in [0.5, 0.6) is 0 Å². The van der Waals surface area contributed by atoms with Gasteiger partial charge in [0.15, 0.2) is 0 Å². The van der Waals surface area contributed by atoms with Gasteiger partial charge in [0.2, 0.25) is 15.9 Å². The van der Waals surface area contributed by atoms with E-state index in [1.165, 1.54) is 4.31 Å². The Labute approximate surface area is 152 Å². The lowest BCUT2D eigenvalue weighted by molar-refractivity contribution is -0.122. The van der Waals surface area contributed by atoms with Gasteiger partial charge in [0.1, 0.15) is 6.04 Å². The molecule has 0 radical (unpaired) electrons. The summed E-state index contributed by atoms with van der Waals surface area (Å²) in [6.07, 6.45) is 5.93. The SMILES string of the molecule is CCCC[C@H](CC)CNC(=O)[C@H](CC)N(c1ccccc1)S(C)(=O)=O. The fraction of sp³-hybridized carbons (Fsp3) is 0.632. The van der Waals surface area contributed by atoms with Gasteiger partial charge >= 0.3 is 0 Å². The van der Waals surface area contributed by atoms with Crippen molar-refractivity contribution < 1.29 is 13.2 Å². The number of rotatable bonds is 11. The third-order valence-electron chi connectivity index (χ3n) is 4.45. The average molecular weight is 369 g/mol. The topological polar surface area (TPSA) is 66.5 Å². The number of anilines is 1. The van der Waals surface area contributed by atoms with E-state index < -0.39 is 16.1 Å². The third-order valence-corrected chi connectivity index (χ3v) is 5.63. The molecular weight excluding hydrogens is 336 g/mol. The molecule has 0 saturated heterocycles. The monoisotopic (exact) mass is 368 g/mol. The highest BCUT2D eigenvalue weighted by atomic mass is 32.2. The van der Waals surface area contributed by atoms with E-state index in [0.29, 0.717) is 24.6 Å². The summed E-state index contributed by atoms with van der Waals surface area (Å²) >= 11 is 0. The van der Waals surface area contributed by atoms with E-state index in [4.69, 9.17) is 0 Å². The zero-order valence-electron chi connectivity index (χ0n) is 15.9. The Morgan fingerprint density at radius 1 is 1.12 bits per heavy atom. The Balaban J connectivity index is 2.91. The normalized spacial score (nSPS) is 13.9. The van der Waals surface area contributed by atoms with Crippen LogP contribution in [0.1, 0.15) is 52.9 Å². The Morgan fingerprint density at radius 3 is 2.24 bits per heavy atom. The number of nitrogens with one attached hydrogen (secondary N) is 1.